The number of ether oxygens (including phenoxy) is 1. The molecule has 1 aromatic rings. The topological polar surface area (TPSA) is 53.3 Å². The molecule has 0 saturated carbocycles. The molecule has 1 heterocycles. The van der Waals surface area contributed by atoms with Crippen LogP contribution in [0.25, 0.3) is 0 Å². The van der Waals surface area contributed by atoms with Crippen molar-refractivity contribution >= 4 is 17.7 Å². The molecular weight excluding hydrogens is 284 g/mol. The summed E-state index contributed by atoms with van der Waals surface area (Å²) in [5.41, 5.74) is -0.394. The maximum atomic E-state index is 12.3. The second-order valence-corrected chi connectivity index (χ2v) is 6.61. The summed E-state index contributed by atoms with van der Waals surface area (Å²) in [7, 11) is 1.63. The van der Waals surface area contributed by atoms with Crippen LogP contribution in [0.5, 0.6) is 5.75 Å². The Bertz CT molecular complexity index is 555. The minimum atomic E-state index is -0.394. The van der Waals surface area contributed by atoms with Crippen molar-refractivity contribution in [2.45, 2.75) is 24.7 Å². The molecule has 0 aromatic heterocycles. The lowest BCUT2D eigenvalue weighted by Crippen LogP contribution is -2.45. The van der Waals surface area contributed by atoms with Gasteiger partial charge in [0, 0.05) is 18.0 Å². The number of methoxy groups -OCH3 is 1. The number of likely N-dealkylation sites (tertiary alicyclic amines) is 1. The first-order chi connectivity index (χ1) is 10.1. The summed E-state index contributed by atoms with van der Waals surface area (Å²) < 4.78 is 5.18. The number of hydrogen-bond acceptors (Lipinski definition) is 4. The van der Waals surface area contributed by atoms with Crippen LogP contribution in [0.1, 0.15) is 19.8 Å². The molecular formula is C16H20N2O2S. The van der Waals surface area contributed by atoms with Gasteiger partial charge in [-0.3, -0.25) is 4.79 Å². The van der Waals surface area contributed by atoms with Gasteiger partial charge in [0.25, 0.3) is 0 Å². The third-order valence-corrected chi connectivity index (χ3v) is 4.70. The van der Waals surface area contributed by atoms with Gasteiger partial charge in [0.2, 0.25) is 5.91 Å². The number of hydrogen-bond donors (Lipinski definition) is 0. The number of carbonyl (C=O) groups is 1. The Morgan fingerprint density at radius 3 is 3.10 bits per heavy atom. The van der Waals surface area contributed by atoms with E-state index in [4.69, 9.17) is 4.74 Å². The molecule has 0 spiro atoms. The van der Waals surface area contributed by atoms with Crippen LogP contribution >= 0.6 is 11.8 Å². The summed E-state index contributed by atoms with van der Waals surface area (Å²) in [6, 6.07) is 10.0. The van der Waals surface area contributed by atoms with E-state index in [1.807, 2.05) is 36.1 Å². The lowest BCUT2D eigenvalue weighted by atomic mass is 9.83. The lowest BCUT2D eigenvalue weighted by Gasteiger charge is -2.35. The number of amides is 1. The SMILES string of the molecule is COc1cccc(SCC(=O)N2CCCC(C)(C#N)C2)c1. The maximum Gasteiger partial charge on any atom is 0.232 e. The van der Waals surface area contributed by atoms with E-state index in [2.05, 4.69) is 6.07 Å². The predicted octanol–water partition coefficient (Wildman–Crippen LogP) is 2.94. The third-order valence-electron chi connectivity index (χ3n) is 3.72. The molecule has 1 aliphatic heterocycles. The summed E-state index contributed by atoms with van der Waals surface area (Å²) in [4.78, 5) is 15.1. The first kappa shape index (κ1) is 15.7. The van der Waals surface area contributed by atoms with Gasteiger partial charge in [-0.25, -0.2) is 0 Å². The van der Waals surface area contributed by atoms with Crippen LogP contribution in [0, 0.1) is 16.7 Å². The number of carbonyl (C=O) groups excluding carboxylic acids is 1. The van der Waals surface area contributed by atoms with Gasteiger partial charge >= 0.3 is 0 Å². The lowest BCUT2D eigenvalue weighted by molar-refractivity contribution is -0.130. The molecule has 0 radical (unpaired) electrons. The fourth-order valence-corrected chi connectivity index (χ4v) is 3.32. The van der Waals surface area contributed by atoms with Crippen LogP contribution in [0.4, 0.5) is 0 Å². The molecule has 112 valence electrons. The summed E-state index contributed by atoms with van der Waals surface area (Å²) >= 11 is 1.51. The quantitative estimate of drug-likeness (QED) is 0.803. The molecule has 1 atom stereocenters. The van der Waals surface area contributed by atoms with Crippen LogP contribution in [-0.4, -0.2) is 36.8 Å². The van der Waals surface area contributed by atoms with Gasteiger partial charge in [0.05, 0.1) is 24.3 Å². The highest BCUT2D eigenvalue weighted by Crippen LogP contribution is 2.29. The molecule has 5 heteroatoms. The van der Waals surface area contributed by atoms with Gasteiger partial charge in [0.15, 0.2) is 0 Å². The molecule has 1 fully saturated rings. The van der Waals surface area contributed by atoms with Crippen LogP contribution in [-0.2, 0) is 4.79 Å². The first-order valence-electron chi connectivity index (χ1n) is 7.02. The summed E-state index contributed by atoms with van der Waals surface area (Å²) in [6.07, 6.45) is 1.77. The zero-order valence-corrected chi connectivity index (χ0v) is 13.3. The van der Waals surface area contributed by atoms with Gasteiger partial charge in [0.1, 0.15) is 5.75 Å². The van der Waals surface area contributed by atoms with Crippen molar-refractivity contribution in [2.75, 3.05) is 26.0 Å². The second-order valence-electron chi connectivity index (χ2n) is 5.56. The van der Waals surface area contributed by atoms with E-state index in [-0.39, 0.29) is 5.91 Å². The van der Waals surface area contributed by atoms with Crippen molar-refractivity contribution in [3.63, 3.8) is 0 Å². The number of thioether (sulfide) groups is 1. The summed E-state index contributed by atoms with van der Waals surface area (Å²) in [5, 5.41) is 9.21. The van der Waals surface area contributed by atoms with E-state index in [1.165, 1.54) is 11.8 Å². The van der Waals surface area contributed by atoms with Crippen molar-refractivity contribution in [1.29, 1.82) is 5.26 Å². The van der Waals surface area contributed by atoms with Crippen molar-refractivity contribution in [1.82, 2.24) is 4.90 Å². The molecule has 1 saturated heterocycles. The molecule has 2 rings (SSSR count). The highest BCUT2D eigenvalue weighted by molar-refractivity contribution is 8.00. The Morgan fingerprint density at radius 2 is 2.38 bits per heavy atom. The highest BCUT2D eigenvalue weighted by Gasteiger charge is 2.32. The average molecular weight is 304 g/mol. The molecule has 0 bridgehead atoms. The van der Waals surface area contributed by atoms with Crippen LogP contribution in [0.3, 0.4) is 0 Å². The Balaban J connectivity index is 1.91. The summed E-state index contributed by atoms with van der Waals surface area (Å²) in [6.45, 7) is 3.23. The smallest absolute Gasteiger partial charge is 0.232 e. The molecule has 0 N–H and O–H groups in total. The second kappa shape index (κ2) is 6.86. The number of benzene rings is 1. The van der Waals surface area contributed by atoms with Crippen LogP contribution in [0.15, 0.2) is 29.2 Å². The number of piperidine rings is 1. The normalized spacial score (nSPS) is 21.7. The predicted molar refractivity (Wildman–Crippen MR) is 83.3 cm³/mol. The van der Waals surface area contributed by atoms with E-state index < -0.39 is 5.41 Å². The molecule has 1 amide bonds. The molecule has 21 heavy (non-hydrogen) atoms. The van der Waals surface area contributed by atoms with Gasteiger partial charge < -0.3 is 9.64 Å². The summed E-state index contributed by atoms with van der Waals surface area (Å²) in [5.74, 6) is 1.29. The minimum Gasteiger partial charge on any atom is -0.497 e. The zero-order valence-electron chi connectivity index (χ0n) is 12.5. The van der Waals surface area contributed by atoms with Crippen LogP contribution in [0.2, 0.25) is 0 Å². The minimum absolute atomic E-state index is 0.101. The van der Waals surface area contributed by atoms with E-state index in [1.54, 1.807) is 7.11 Å². The molecule has 4 nitrogen and oxygen atoms in total. The van der Waals surface area contributed by atoms with Crippen LogP contribution < -0.4 is 4.74 Å². The van der Waals surface area contributed by atoms with E-state index >= 15 is 0 Å². The standard InChI is InChI=1S/C16H20N2O2S/c1-16(11-17)7-4-8-18(12-16)15(19)10-21-14-6-3-5-13(9-14)20-2/h3,5-6,9H,4,7-8,10,12H2,1-2H3. The Labute approximate surface area is 130 Å². The number of rotatable bonds is 4. The van der Waals surface area contributed by atoms with Crippen molar-refractivity contribution in [3.8, 4) is 11.8 Å². The Morgan fingerprint density at radius 1 is 1.57 bits per heavy atom. The number of nitrogens with zero attached hydrogens (tertiary/aromatic N) is 2. The molecule has 0 aliphatic carbocycles. The van der Waals surface area contributed by atoms with E-state index in [9.17, 15) is 10.1 Å². The van der Waals surface area contributed by atoms with Crippen molar-refractivity contribution < 1.29 is 9.53 Å². The fourth-order valence-electron chi connectivity index (χ4n) is 2.47. The molecule has 1 aromatic carbocycles. The third kappa shape index (κ3) is 4.15. The molecule has 1 unspecified atom stereocenters. The first-order valence-corrected chi connectivity index (χ1v) is 8.01. The fraction of sp³-hybridized carbons (Fsp3) is 0.500. The van der Waals surface area contributed by atoms with Gasteiger partial charge in [-0.05, 0) is 38.0 Å². The van der Waals surface area contributed by atoms with Gasteiger partial charge in [-0.2, -0.15) is 5.26 Å². The van der Waals surface area contributed by atoms with E-state index in [0.717, 1.165) is 30.0 Å². The maximum absolute atomic E-state index is 12.3. The van der Waals surface area contributed by atoms with Crippen molar-refractivity contribution in [3.05, 3.63) is 24.3 Å². The Hall–Kier alpha value is -1.67. The average Bonchev–Trinajstić information content (AvgIpc) is 2.53. The Kier molecular flexibility index (Phi) is 5.13. The monoisotopic (exact) mass is 304 g/mol. The highest BCUT2D eigenvalue weighted by atomic mass is 32.2. The number of nitriles is 1. The molecule has 1 aliphatic rings. The van der Waals surface area contributed by atoms with E-state index in [0.29, 0.717) is 12.3 Å². The van der Waals surface area contributed by atoms with Gasteiger partial charge in [-0.1, -0.05) is 6.07 Å². The van der Waals surface area contributed by atoms with Crippen molar-refractivity contribution in [2.24, 2.45) is 5.41 Å². The largest absolute Gasteiger partial charge is 0.497 e. The zero-order chi connectivity index (χ0) is 15.3. The van der Waals surface area contributed by atoms with Gasteiger partial charge in [-0.15, -0.1) is 11.8 Å².